The third kappa shape index (κ3) is 6.09. The zero-order valence-electron chi connectivity index (χ0n) is 16.0. The number of sulfonamides is 1. The second-order valence-corrected chi connectivity index (χ2v) is 9.90. The second-order valence-electron chi connectivity index (χ2n) is 6.57. The van der Waals surface area contributed by atoms with E-state index in [2.05, 4.69) is 23.9 Å². The number of anilines is 1. The standard InChI is InChI=1S/C20H26N2O3S2/c1-5-15(4)22-27(24,25)17-12-10-16(11-13-17)21-20(23)18-8-6-7-9-19(18)26-14(2)3/h6-15,22H,5H2,1-4H3,(H,21,23). The lowest BCUT2D eigenvalue weighted by Gasteiger charge is -2.13. The van der Waals surface area contributed by atoms with Crippen molar-refractivity contribution in [3.8, 4) is 0 Å². The lowest BCUT2D eigenvalue weighted by Crippen LogP contribution is -2.31. The maximum atomic E-state index is 12.6. The van der Waals surface area contributed by atoms with E-state index in [1.54, 1.807) is 30.0 Å². The first-order chi connectivity index (χ1) is 12.7. The van der Waals surface area contributed by atoms with Gasteiger partial charge in [0.25, 0.3) is 5.91 Å². The van der Waals surface area contributed by atoms with Gasteiger partial charge in [0, 0.05) is 21.9 Å². The fraction of sp³-hybridized carbons (Fsp3) is 0.350. The number of amides is 1. The number of thioether (sulfide) groups is 1. The molecule has 0 saturated heterocycles. The van der Waals surface area contributed by atoms with Crippen molar-refractivity contribution in [3.05, 3.63) is 54.1 Å². The van der Waals surface area contributed by atoms with Crippen molar-refractivity contribution in [2.75, 3.05) is 5.32 Å². The Morgan fingerprint density at radius 3 is 2.26 bits per heavy atom. The van der Waals surface area contributed by atoms with Gasteiger partial charge in [-0.3, -0.25) is 4.79 Å². The largest absolute Gasteiger partial charge is 0.322 e. The van der Waals surface area contributed by atoms with Crippen molar-refractivity contribution in [1.29, 1.82) is 0 Å². The molecule has 0 saturated carbocycles. The number of hydrogen-bond acceptors (Lipinski definition) is 4. The molecule has 2 rings (SSSR count). The Balaban J connectivity index is 2.14. The molecular formula is C20H26N2O3S2. The molecule has 0 spiro atoms. The van der Waals surface area contributed by atoms with Gasteiger partial charge in [-0.1, -0.05) is 32.9 Å². The molecule has 5 nitrogen and oxygen atoms in total. The van der Waals surface area contributed by atoms with Gasteiger partial charge in [-0.15, -0.1) is 11.8 Å². The molecule has 0 radical (unpaired) electrons. The molecule has 2 aromatic carbocycles. The van der Waals surface area contributed by atoms with E-state index in [1.165, 1.54) is 12.1 Å². The Labute approximate surface area is 166 Å². The van der Waals surface area contributed by atoms with E-state index in [9.17, 15) is 13.2 Å². The van der Waals surface area contributed by atoms with Crippen molar-refractivity contribution in [3.63, 3.8) is 0 Å². The van der Waals surface area contributed by atoms with Gasteiger partial charge in [0.15, 0.2) is 0 Å². The van der Waals surface area contributed by atoms with Gasteiger partial charge >= 0.3 is 0 Å². The molecule has 146 valence electrons. The van der Waals surface area contributed by atoms with Crippen LogP contribution in [0.25, 0.3) is 0 Å². The zero-order valence-corrected chi connectivity index (χ0v) is 17.7. The van der Waals surface area contributed by atoms with Gasteiger partial charge in [0.2, 0.25) is 10.0 Å². The predicted molar refractivity (Wildman–Crippen MR) is 112 cm³/mol. The molecule has 1 unspecified atom stereocenters. The van der Waals surface area contributed by atoms with Crippen LogP contribution in [0.5, 0.6) is 0 Å². The Kier molecular flexibility index (Phi) is 7.47. The van der Waals surface area contributed by atoms with Crippen molar-refractivity contribution >= 4 is 33.4 Å². The minimum Gasteiger partial charge on any atom is -0.322 e. The molecule has 0 aromatic heterocycles. The quantitative estimate of drug-likeness (QED) is 0.632. The molecule has 0 bridgehead atoms. The summed E-state index contributed by atoms with van der Waals surface area (Å²) in [5, 5.41) is 3.20. The summed E-state index contributed by atoms with van der Waals surface area (Å²) < 4.78 is 27.2. The first kappa shape index (κ1) is 21.5. The fourth-order valence-corrected chi connectivity index (χ4v) is 4.62. The molecule has 2 N–H and O–H groups in total. The van der Waals surface area contributed by atoms with Crippen LogP contribution in [0.1, 0.15) is 44.5 Å². The first-order valence-corrected chi connectivity index (χ1v) is 11.3. The second kappa shape index (κ2) is 9.39. The van der Waals surface area contributed by atoms with E-state index in [1.807, 2.05) is 32.0 Å². The molecule has 1 amide bonds. The smallest absolute Gasteiger partial charge is 0.256 e. The monoisotopic (exact) mass is 406 g/mol. The van der Waals surface area contributed by atoms with E-state index in [0.29, 0.717) is 22.9 Å². The van der Waals surface area contributed by atoms with Crippen molar-refractivity contribution < 1.29 is 13.2 Å². The lowest BCUT2D eigenvalue weighted by atomic mass is 10.2. The normalized spacial score (nSPS) is 12.8. The van der Waals surface area contributed by atoms with E-state index in [0.717, 1.165) is 4.90 Å². The summed E-state index contributed by atoms with van der Waals surface area (Å²) in [5.74, 6) is -0.216. The first-order valence-electron chi connectivity index (χ1n) is 8.92. The topological polar surface area (TPSA) is 75.3 Å². The van der Waals surface area contributed by atoms with Crippen LogP contribution in [0.15, 0.2) is 58.3 Å². The number of benzene rings is 2. The molecule has 1 atom stereocenters. The molecule has 7 heteroatoms. The Morgan fingerprint density at radius 1 is 1.04 bits per heavy atom. The van der Waals surface area contributed by atoms with Crippen LogP contribution in [0.2, 0.25) is 0 Å². The SMILES string of the molecule is CCC(C)NS(=O)(=O)c1ccc(NC(=O)c2ccccc2SC(C)C)cc1. The Morgan fingerprint density at radius 2 is 1.67 bits per heavy atom. The molecule has 0 heterocycles. The van der Waals surface area contributed by atoms with Crippen LogP contribution in [0.3, 0.4) is 0 Å². The number of nitrogens with one attached hydrogen (secondary N) is 2. The van der Waals surface area contributed by atoms with Crippen LogP contribution in [0, 0.1) is 0 Å². The molecule has 0 aliphatic carbocycles. The van der Waals surface area contributed by atoms with E-state index in [4.69, 9.17) is 0 Å². The average molecular weight is 407 g/mol. The Bertz CT molecular complexity index is 878. The van der Waals surface area contributed by atoms with Crippen molar-refractivity contribution in [1.82, 2.24) is 4.72 Å². The van der Waals surface area contributed by atoms with E-state index in [-0.39, 0.29) is 16.8 Å². The molecule has 0 aliphatic rings. The Hall–Kier alpha value is -1.83. The van der Waals surface area contributed by atoms with Crippen molar-refractivity contribution in [2.24, 2.45) is 0 Å². The van der Waals surface area contributed by atoms with Gasteiger partial charge in [0.05, 0.1) is 10.5 Å². The van der Waals surface area contributed by atoms with Crippen LogP contribution >= 0.6 is 11.8 Å². The summed E-state index contributed by atoms with van der Waals surface area (Å²) in [5.41, 5.74) is 1.15. The minimum atomic E-state index is -3.56. The van der Waals surface area contributed by atoms with Crippen LogP contribution in [-0.4, -0.2) is 25.6 Å². The van der Waals surface area contributed by atoms with Gasteiger partial charge in [0.1, 0.15) is 0 Å². The van der Waals surface area contributed by atoms with Gasteiger partial charge < -0.3 is 5.32 Å². The molecule has 0 aliphatic heterocycles. The van der Waals surface area contributed by atoms with E-state index < -0.39 is 10.0 Å². The maximum absolute atomic E-state index is 12.6. The summed E-state index contributed by atoms with van der Waals surface area (Å²) in [4.78, 5) is 13.7. The molecule has 0 fully saturated rings. The lowest BCUT2D eigenvalue weighted by molar-refractivity contribution is 0.102. The third-order valence-electron chi connectivity index (χ3n) is 3.89. The van der Waals surface area contributed by atoms with Gasteiger partial charge in [-0.05, 0) is 49.7 Å². The van der Waals surface area contributed by atoms with Crippen LogP contribution < -0.4 is 10.0 Å². The number of carbonyl (C=O) groups excluding carboxylic acids is 1. The highest BCUT2D eigenvalue weighted by molar-refractivity contribution is 8.00. The molecular weight excluding hydrogens is 380 g/mol. The highest BCUT2D eigenvalue weighted by atomic mass is 32.2. The summed E-state index contributed by atoms with van der Waals surface area (Å²) >= 11 is 1.63. The number of carbonyl (C=O) groups is 1. The summed E-state index contributed by atoms with van der Waals surface area (Å²) in [6, 6.07) is 13.5. The maximum Gasteiger partial charge on any atom is 0.256 e. The zero-order chi connectivity index (χ0) is 20.0. The van der Waals surface area contributed by atoms with Gasteiger partial charge in [-0.2, -0.15) is 0 Å². The van der Waals surface area contributed by atoms with Crippen molar-refractivity contribution in [2.45, 2.75) is 55.2 Å². The highest BCUT2D eigenvalue weighted by Crippen LogP contribution is 2.27. The summed E-state index contributed by atoms with van der Waals surface area (Å²) in [6.07, 6.45) is 0.709. The summed E-state index contributed by atoms with van der Waals surface area (Å²) in [6.45, 7) is 7.89. The van der Waals surface area contributed by atoms with Crippen LogP contribution in [0.4, 0.5) is 5.69 Å². The molecule has 2 aromatic rings. The fourth-order valence-electron chi connectivity index (χ4n) is 2.34. The van der Waals surface area contributed by atoms with Gasteiger partial charge in [-0.25, -0.2) is 13.1 Å². The highest BCUT2D eigenvalue weighted by Gasteiger charge is 2.17. The minimum absolute atomic E-state index is 0.135. The predicted octanol–water partition coefficient (Wildman–Crippen LogP) is 4.52. The van der Waals surface area contributed by atoms with E-state index >= 15 is 0 Å². The molecule has 27 heavy (non-hydrogen) atoms. The third-order valence-corrected chi connectivity index (χ3v) is 6.57. The summed E-state index contributed by atoms with van der Waals surface area (Å²) in [7, 11) is -3.56. The number of hydrogen-bond donors (Lipinski definition) is 2. The van der Waals surface area contributed by atoms with Crippen LogP contribution in [-0.2, 0) is 10.0 Å². The average Bonchev–Trinajstić information content (AvgIpc) is 2.61. The number of rotatable bonds is 8.